The van der Waals surface area contributed by atoms with Crippen molar-refractivity contribution in [3.05, 3.63) is 0 Å². The minimum absolute atomic E-state index is 0.423. The van der Waals surface area contributed by atoms with Crippen LogP contribution in [-0.2, 0) is 29.4 Å². The van der Waals surface area contributed by atoms with Crippen LogP contribution in [0.4, 0.5) is 0 Å². The van der Waals surface area contributed by atoms with Crippen molar-refractivity contribution < 1.29 is 31.5 Å². The maximum atomic E-state index is 12.4. The van der Waals surface area contributed by atoms with Crippen LogP contribution < -0.4 is 10.0 Å². The normalized spacial score (nSPS) is 13.7. The fourth-order valence-corrected chi connectivity index (χ4v) is 4.68. The van der Waals surface area contributed by atoms with Crippen molar-refractivity contribution in [3.8, 4) is 0 Å². The molecule has 24 heavy (non-hydrogen) atoms. The molecule has 0 rings (SSSR count). The monoisotopic (exact) mass is 386 g/mol. The van der Waals surface area contributed by atoms with E-state index < -0.39 is 55.3 Å². The average Bonchev–Trinajstić information content (AvgIpc) is 2.43. The van der Waals surface area contributed by atoms with E-state index >= 15 is 0 Å². The first-order chi connectivity index (χ1) is 10.9. The second kappa shape index (κ2) is 9.94. The molecule has 3 N–H and O–H groups in total. The van der Waals surface area contributed by atoms with E-state index in [1.807, 2.05) is 23.9 Å². The van der Waals surface area contributed by atoms with E-state index in [9.17, 15) is 26.4 Å². The molecular weight excluding hydrogens is 360 g/mol. The Kier molecular flexibility index (Phi) is 9.45. The summed E-state index contributed by atoms with van der Waals surface area (Å²) >= 11 is 0. The molecule has 9 nitrogen and oxygen atoms in total. The van der Waals surface area contributed by atoms with Crippen LogP contribution in [0.25, 0.3) is 0 Å². The van der Waals surface area contributed by atoms with Crippen molar-refractivity contribution in [1.82, 2.24) is 10.0 Å². The maximum absolute atomic E-state index is 12.4. The van der Waals surface area contributed by atoms with E-state index in [-0.39, 0.29) is 0 Å². The van der Waals surface area contributed by atoms with Gasteiger partial charge in [-0.15, -0.1) is 0 Å². The summed E-state index contributed by atoms with van der Waals surface area (Å²) < 4.78 is 48.5. The van der Waals surface area contributed by atoms with Gasteiger partial charge in [-0.05, 0) is 12.8 Å². The first-order valence-corrected chi connectivity index (χ1v) is 11.2. The molecular formula is C13H26N2O7S2. The number of hydrogen-bond donors (Lipinski definition) is 3. The second-order valence-corrected chi connectivity index (χ2v) is 9.74. The molecule has 0 fully saturated rings. The zero-order valence-electron chi connectivity index (χ0n) is 14.1. The fourth-order valence-electron chi connectivity index (χ4n) is 2.13. The Bertz CT molecular complexity index is 623. The number of aliphatic carboxylic acids is 1. The summed E-state index contributed by atoms with van der Waals surface area (Å²) in [6, 6.07) is -1.62. The minimum Gasteiger partial charge on any atom is -0.480 e. The van der Waals surface area contributed by atoms with Gasteiger partial charge in [-0.2, -0.15) is 0 Å². The minimum atomic E-state index is -3.71. The molecule has 0 aromatic rings. The van der Waals surface area contributed by atoms with Crippen LogP contribution in [0.15, 0.2) is 0 Å². The number of hydrogen-bond acceptors (Lipinski definition) is 6. The van der Waals surface area contributed by atoms with Crippen molar-refractivity contribution in [1.29, 1.82) is 0 Å². The largest absolute Gasteiger partial charge is 0.480 e. The topological polar surface area (TPSA) is 147 Å². The number of carbonyl (C=O) groups is 2. The summed E-state index contributed by atoms with van der Waals surface area (Å²) in [7, 11) is -7.33. The molecule has 0 aliphatic rings. The number of sulfone groups is 1. The first kappa shape index (κ1) is 22.8. The summed E-state index contributed by atoms with van der Waals surface area (Å²) in [6.07, 6.45) is 2.98. The number of carbonyl (C=O) groups excluding carboxylic acids is 1. The highest BCUT2D eigenvalue weighted by Crippen LogP contribution is 2.16. The molecule has 142 valence electrons. The number of amides is 1. The third-order valence-corrected chi connectivity index (χ3v) is 6.21. The van der Waals surface area contributed by atoms with Crippen LogP contribution in [0.5, 0.6) is 0 Å². The molecule has 0 heterocycles. The molecule has 0 radical (unpaired) electrons. The van der Waals surface area contributed by atoms with Gasteiger partial charge in [0.15, 0.2) is 9.84 Å². The van der Waals surface area contributed by atoms with Gasteiger partial charge in [0.2, 0.25) is 15.9 Å². The number of carboxylic acids is 1. The lowest BCUT2D eigenvalue weighted by Crippen LogP contribution is -2.49. The molecule has 0 aromatic heterocycles. The average molecular weight is 386 g/mol. The van der Waals surface area contributed by atoms with E-state index in [0.29, 0.717) is 25.7 Å². The van der Waals surface area contributed by atoms with Gasteiger partial charge >= 0.3 is 5.97 Å². The van der Waals surface area contributed by atoms with Gasteiger partial charge in [0, 0.05) is 0 Å². The van der Waals surface area contributed by atoms with Crippen LogP contribution in [-0.4, -0.2) is 63.7 Å². The lowest BCUT2D eigenvalue weighted by molar-refractivity contribution is -0.141. The number of sulfonamides is 1. The summed E-state index contributed by atoms with van der Waals surface area (Å²) in [5.41, 5.74) is 0. The van der Waals surface area contributed by atoms with Crippen molar-refractivity contribution in [2.45, 2.75) is 50.8 Å². The maximum Gasteiger partial charge on any atom is 0.327 e. The van der Waals surface area contributed by atoms with Crippen LogP contribution in [0.1, 0.15) is 39.5 Å². The highest BCUT2D eigenvalue weighted by molar-refractivity contribution is 7.92. The molecule has 0 aliphatic carbocycles. The third kappa shape index (κ3) is 9.18. The van der Waals surface area contributed by atoms with Crippen molar-refractivity contribution >= 4 is 31.7 Å². The van der Waals surface area contributed by atoms with Gasteiger partial charge in [-0.1, -0.05) is 26.7 Å². The Morgan fingerprint density at radius 1 is 1.04 bits per heavy atom. The Balaban J connectivity index is 5.00. The van der Waals surface area contributed by atoms with Gasteiger partial charge in [0.05, 0.1) is 23.8 Å². The molecule has 0 aromatic carbocycles. The predicted octanol–water partition coefficient (Wildman–Crippen LogP) is -0.511. The van der Waals surface area contributed by atoms with Crippen molar-refractivity contribution in [3.63, 3.8) is 0 Å². The van der Waals surface area contributed by atoms with Crippen molar-refractivity contribution in [2.24, 2.45) is 0 Å². The molecule has 0 bridgehead atoms. The van der Waals surface area contributed by atoms with Gasteiger partial charge in [0.1, 0.15) is 6.04 Å². The second-order valence-electron chi connectivity index (χ2n) is 5.58. The summed E-state index contributed by atoms with van der Waals surface area (Å²) in [5.74, 6) is -3.12. The van der Waals surface area contributed by atoms with Crippen LogP contribution in [0.2, 0.25) is 0 Å². The van der Waals surface area contributed by atoms with E-state index in [2.05, 4.69) is 0 Å². The molecule has 1 amide bonds. The quantitative estimate of drug-likeness (QED) is 0.409. The van der Waals surface area contributed by atoms with Crippen LogP contribution in [0.3, 0.4) is 0 Å². The van der Waals surface area contributed by atoms with E-state index in [0.717, 1.165) is 6.26 Å². The molecule has 0 aliphatic heterocycles. The fraction of sp³-hybridized carbons (Fsp3) is 0.846. The molecule has 0 saturated heterocycles. The molecule has 1 atom stereocenters. The summed E-state index contributed by atoms with van der Waals surface area (Å²) in [6.45, 7) is 3.02. The lowest BCUT2D eigenvalue weighted by atomic mass is 10.2. The number of carboxylic acid groups (broad SMARTS) is 1. The SMILES string of the molecule is CCCC(CCC)S(=O)(=O)CC(NC(=O)CNS(C)(=O)=O)C(=O)O. The van der Waals surface area contributed by atoms with Crippen LogP contribution >= 0.6 is 0 Å². The Morgan fingerprint density at radius 3 is 1.92 bits per heavy atom. The van der Waals surface area contributed by atoms with Crippen LogP contribution in [0, 0.1) is 0 Å². The number of nitrogens with one attached hydrogen (secondary N) is 2. The van der Waals surface area contributed by atoms with Gasteiger partial charge in [0.25, 0.3) is 0 Å². The van der Waals surface area contributed by atoms with Gasteiger partial charge < -0.3 is 10.4 Å². The number of rotatable bonds is 12. The van der Waals surface area contributed by atoms with Gasteiger partial charge in [-0.25, -0.2) is 26.4 Å². The highest BCUT2D eigenvalue weighted by atomic mass is 32.2. The predicted molar refractivity (Wildman–Crippen MR) is 89.8 cm³/mol. The van der Waals surface area contributed by atoms with E-state index in [1.165, 1.54) is 0 Å². The standard InChI is InChI=1S/C13H26N2O7S2/c1-4-6-10(7-5-2)24(21,22)9-11(13(17)18)15-12(16)8-14-23(3,19)20/h10-11,14H,4-9H2,1-3H3,(H,15,16)(H,17,18). The van der Waals surface area contributed by atoms with E-state index in [1.54, 1.807) is 0 Å². The Labute approximate surface area is 143 Å². The summed E-state index contributed by atoms with van der Waals surface area (Å²) in [5, 5.41) is 10.5. The molecule has 11 heteroatoms. The third-order valence-electron chi connectivity index (χ3n) is 3.26. The lowest BCUT2D eigenvalue weighted by Gasteiger charge is -2.20. The van der Waals surface area contributed by atoms with E-state index in [4.69, 9.17) is 5.11 Å². The zero-order chi connectivity index (χ0) is 19.0. The smallest absolute Gasteiger partial charge is 0.327 e. The van der Waals surface area contributed by atoms with Gasteiger partial charge in [-0.3, -0.25) is 4.79 Å². The molecule has 1 unspecified atom stereocenters. The first-order valence-electron chi connectivity index (χ1n) is 7.61. The zero-order valence-corrected chi connectivity index (χ0v) is 15.7. The Morgan fingerprint density at radius 2 is 1.54 bits per heavy atom. The highest BCUT2D eigenvalue weighted by Gasteiger charge is 2.31. The summed E-state index contributed by atoms with van der Waals surface area (Å²) in [4.78, 5) is 22.8. The molecule has 0 saturated carbocycles. The van der Waals surface area contributed by atoms with Crippen molar-refractivity contribution in [2.75, 3.05) is 18.6 Å². The molecule has 0 spiro atoms. The Hall–Kier alpha value is -1.20.